The van der Waals surface area contributed by atoms with E-state index in [2.05, 4.69) is 5.32 Å². The van der Waals surface area contributed by atoms with Crippen LogP contribution in [0, 0.1) is 6.92 Å². The number of halogens is 3. The van der Waals surface area contributed by atoms with Crippen molar-refractivity contribution in [1.29, 1.82) is 0 Å². The van der Waals surface area contributed by atoms with Gasteiger partial charge in [-0.1, -0.05) is 31.2 Å². The van der Waals surface area contributed by atoms with Gasteiger partial charge in [0, 0.05) is 6.54 Å². The lowest BCUT2D eigenvalue weighted by Crippen LogP contribution is -2.11. The Morgan fingerprint density at radius 1 is 1.00 bits per heavy atom. The van der Waals surface area contributed by atoms with E-state index in [1.807, 2.05) is 32.0 Å². The molecule has 0 saturated heterocycles. The smallest absolute Gasteiger partial charge is 0.313 e. The van der Waals surface area contributed by atoms with Crippen molar-refractivity contribution in [2.45, 2.75) is 26.6 Å². The van der Waals surface area contributed by atoms with Crippen LogP contribution in [-0.4, -0.2) is 6.54 Å². The predicted octanol–water partition coefficient (Wildman–Crippen LogP) is 4.79. The molecule has 0 amide bonds. The summed E-state index contributed by atoms with van der Waals surface area (Å²) in [6.07, 6.45) is -4.29. The van der Waals surface area contributed by atoms with Gasteiger partial charge in [-0.2, -0.15) is 13.2 Å². The van der Waals surface area contributed by atoms with Gasteiger partial charge < -0.3 is 5.32 Å². The van der Waals surface area contributed by atoms with E-state index in [0.717, 1.165) is 47.5 Å². The van der Waals surface area contributed by atoms with Crippen molar-refractivity contribution in [3.05, 3.63) is 59.2 Å². The normalized spacial score (nSPS) is 11.7. The summed E-state index contributed by atoms with van der Waals surface area (Å²) in [5, 5.41) is 3.24. The molecule has 0 aliphatic rings. The molecule has 1 nitrogen and oxygen atoms in total. The molecule has 0 aliphatic carbocycles. The first kappa shape index (κ1) is 15.6. The minimum Gasteiger partial charge on any atom is -0.313 e. The Balaban J connectivity index is 2.32. The number of hydrogen-bond donors (Lipinski definition) is 1. The van der Waals surface area contributed by atoms with Crippen molar-refractivity contribution in [1.82, 2.24) is 5.32 Å². The molecule has 0 bridgehead atoms. The van der Waals surface area contributed by atoms with Crippen LogP contribution in [0.15, 0.2) is 42.5 Å². The maximum atomic E-state index is 12.6. The Labute approximate surface area is 122 Å². The number of aryl methyl sites for hydroxylation is 1. The molecule has 0 aromatic heterocycles. The van der Waals surface area contributed by atoms with Crippen molar-refractivity contribution in [3.63, 3.8) is 0 Å². The van der Waals surface area contributed by atoms with Crippen LogP contribution in [-0.2, 0) is 12.7 Å². The summed E-state index contributed by atoms with van der Waals surface area (Å²) in [5.41, 5.74) is 3.33. The molecule has 21 heavy (non-hydrogen) atoms. The summed E-state index contributed by atoms with van der Waals surface area (Å²) in [7, 11) is 0. The van der Waals surface area contributed by atoms with E-state index in [9.17, 15) is 13.2 Å². The number of rotatable bonds is 4. The predicted molar refractivity (Wildman–Crippen MR) is 79.0 cm³/mol. The van der Waals surface area contributed by atoms with E-state index < -0.39 is 11.7 Å². The fourth-order valence-corrected chi connectivity index (χ4v) is 2.20. The van der Waals surface area contributed by atoms with Crippen LogP contribution in [0.25, 0.3) is 11.1 Å². The summed E-state index contributed by atoms with van der Waals surface area (Å²) in [6, 6.07) is 11.4. The third-order valence-electron chi connectivity index (χ3n) is 3.40. The first-order chi connectivity index (χ1) is 9.91. The lowest BCUT2D eigenvalue weighted by Gasteiger charge is -2.11. The van der Waals surface area contributed by atoms with Gasteiger partial charge in [-0.05, 0) is 53.9 Å². The molecule has 0 fully saturated rings. The minimum absolute atomic E-state index is 0.618. The zero-order valence-electron chi connectivity index (χ0n) is 12.1. The van der Waals surface area contributed by atoms with Gasteiger partial charge >= 0.3 is 6.18 Å². The molecule has 0 heterocycles. The zero-order chi connectivity index (χ0) is 15.5. The van der Waals surface area contributed by atoms with Crippen LogP contribution in [0.4, 0.5) is 13.2 Å². The third kappa shape index (κ3) is 3.85. The van der Waals surface area contributed by atoms with E-state index in [0.29, 0.717) is 0 Å². The van der Waals surface area contributed by atoms with Gasteiger partial charge in [-0.25, -0.2) is 0 Å². The highest BCUT2D eigenvalue weighted by atomic mass is 19.4. The van der Waals surface area contributed by atoms with Crippen LogP contribution >= 0.6 is 0 Å². The van der Waals surface area contributed by atoms with Crippen molar-refractivity contribution in [2.24, 2.45) is 0 Å². The Morgan fingerprint density at radius 2 is 1.67 bits per heavy atom. The molecule has 1 N–H and O–H groups in total. The molecule has 4 heteroatoms. The number of hydrogen-bond acceptors (Lipinski definition) is 1. The van der Waals surface area contributed by atoms with Crippen LogP contribution in [0.1, 0.15) is 23.6 Å². The molecule has 2 aromatic carbocycles. The topological polar surface area (TPSA) is 12.0 Å². The van der Waals surface area contributed by atoms with Crippen molar-refractivity contribution in [3.8, 4) is 11.1 Å². The fraction of sp³-hybridized carbons (Fsp3) is 0.294. The Kier molecular flexibility index (Phi) is 4.68. The molecular weight excluding hydrogens is 275 g/mol. The number of alkyl halides is 3. The molecule has 112 valence electrons. The third-order valence-corrected chi connectivity index (χ3v) is 3.40. The molecule has 0 radical (unpaired) electrons. The second-order valence-corrected chi connectivity index (χ2v) is 5.00. The largest absolute Gasteiger partial charge is 0.416 e. The maximum absolute atomic E-state index is 12.6. The van der Waals surface area contributed by atoms with Crippen LogP contribution in [0.2, 0.25) is 0 Å². The quantitative estimate of drug-likeness (QED) is 0.854. The second kappa shape index (κ2) is 6.31. The number of benzene rings is 2. The summed E-state index contributed by atoms with van der Waals surface area (Å²) in [6.45, 7) is 5.63. The summed E-state index contributed by atoms with van der Waals surface area (Å²) >= 11 is 0. The van der Waals surface area contributed by atoms with Crippen LogP contribution in [0.3, 0.4) is 0 Å². The van der Waals surface area contributed by atoms with Gasteiger partial charge in [0.2, 0.25) is 0 Å². The lowest BCUT2D eigenvalue weighted by atomic mass is 9.97. The maximum Gasteiger partial charge on any atom is 0.416 e. The molecule has 2 rings (SSSR count). The first-order valence-electron chi connectivity index (χ1n) is 6.89. The van der Waals surface area contributed by atoms with Gasteiger partial charge in [-0.15, -0.1) is 0 Å². The zero-order valence-corrected chi connectivity index (χ0v) is 12.1. The van der Waals surface area contributed by atoms with E-state index >= 15 is 0 Å². The van der Waals surface area contributed by atoms with Crippen LogP contribution in [0.5, 0.6) is 0 Å². The van der Waals surface area contributed by atoms with Crippen LogP contribution < -0.4 is 5.32 Å². The highest BCUT2D eigenvalue weighted by molar-refractivity contribution is 5.68. The monoisotopic (exact) mass is 293 g/mol. The van der Waals surface area contributed by atoms with E-state index in [4.69, 9.17) is 0 Å². The molecule has 0 unspecified atom stereocenters. The molecule has 0 atom stereocenters. The van der Waals surface area contributed by atoms with Gasteiger partial charge in [0.1, 0.15) is 0 Å². The van der Waals surface area contributed by atoms with E-state index in [-0.39, 0.29) is 0 Å². The average molecular weight is 293 g/mol. The highest BCUT2D eigenvalue weighted by Gasteiger charge is 2.29. The molecular formula is C17H18F3N. The Hall–Kier alpha value is -1.81. The van der Waals surface area contributed by atoms with Gasteiger partial charge in [0.25, 0.3) is 0 Å². The number of nitrogens with one attached hydrogen (secondary N) is 1. The Bertz CT molecular complexity index is 600. The van der Waals surface area contributed by atoms with Gasteiger partial charge in [0.05, 0.1) is 5.56 Å². The molecule has 0 saturated carbocycles. The standard InChI is InChI=1S/C17H18F3N/c1-3-21-11-13-5-4-12(2)16(10-13)14-6-8-15(9-7-14)17(18,19)20/h4-10,21H,3,11H2,1-2H3. The van der Waals surface area contributed by atoms with Gasteiger partial charge in [-0.3, -0.25) is 0 Å². The lowest BCUT2D eigenvalue weighted by molar-refractivity contribution is -0.137. The molecule has 2 aromatic rings. The fourth-order valence-electron chi connectivity index (χ4n) is 2.20. The second-order valence-electron chi connectivity index (χ2n) is 5.00. The summed E-state index contributed by atoms with van der Waals surface area (Å²) < 4.78 is 37.8. The van der Waals surface area contributed by atoms with E-state index in [1.165, 1.54) is 12.1 Å². The van der Waals surface area contributed by atoms with Crippen molar-refractivity contribution < 1.29 is 13.2 Å². The average Bonchev–Trinajstić information content (AvgIpc) is 2.46. The SMILES string of the molecule is CCNCc1ccc(C)c(-c2ccc(C(F)(F)F)cc2)c1. The minimum atomic E-state index is -4.29. The van der Waals surface area contributed by atoms with Gasteiger partial charge in [0.15, 0.2) is 0 Å². The molecule has 0 aliphatic heterocycles. The summed E-state index contributed by atoms with van der Waals surface area (Å²) in [4.78, 5) is 0. The van der Waals surface area contributed by atoms with E-state index in [1.54, 1.807) is 0 Å². The Morgan fingerprint density at radius 3 is 2.24 bits per heavy atom. The first-order valence-corrected chi connectivity index (χ1v) is 6.89. The summed E-state index contributed by atoms with van der Waals surface area (Å²) in [5.74, 6) is 0. The highest BCUT2D eigenvalue weighted by Crippen LogP contribution is 2.32. The molecule has 0 spiro atoms. The van der Waals surface area contributed by atoms with Crippen molar-refractivity contribution >= 4 is 0 Å². The van der Waals surface area contributed by atoms with Crippen molar-refractivity contribution in [2.75, 3.05) is 6.54 Å².